The van der Waals surface area contributed by atoms with Gasteiger partial charge in [0.15, 0.2) is 5.76 Å². The van der Waals surface area contributed by atoms with Gasteiger partial charge in [0.25, 0.3) is 6.01 Å². The van der Waals surface area contributed by atoms with Crippen LogP contribution >= 0.6 is 0 Å². The Labute approximate surface area is 83.5 Å². The molecule has 0 aromatic carbocycles. The fourth-order valence-corrected chi connectivity index (χ4v) is 1.19. The van der Waals surface area contributed by atoms with Gasteiger partial charge < -0.3 is 20.2 Å². The standard InChI is InChI=1S/C9H17N3O2/c1-3-12(4-2)9-11-6-8(14-9)7(13)5-10/h6-7,13H,3-5,10H2,1-2H3. The minimum absolute atomic E-state index is 0.146. The fraction of sp³-hybridized carbons (Fsp3) is 0.667. The summed E-state index contributed by atoms with van der Waals surface area (Å²) in [4.78, 5) is 6.04. The van der Waals surface area contributed by atoms with E-state index in [0.29, 0.717) is 11.8 Å². The number of hydrogen-bond acceptors (Lipinski definition) is 5. The summed E-state index contributed by atoms with van der Waals surface area (Å²) in [6.07, 6.45) is 0.761. The Morgan fingerprint density at radius 2 is 2.21 bits per heavy atom. The Morgan fingerprint density at radius 1 is 1.57 bits per heavy atom. The number of rotatable bonds is 5. The van der Waals surface area contributed by atoms with Crippen LogP contribution in [0.4, 0.5) is 6.01 Å². The van der Waals surface area contributed by atoms with Crippen molar-refractivity contribution >= 4 is 6.01 Å². The molecule has 3 N–H and O–H groups in total. The van der Waals surface area contributed by atoms with Crippen LogP contribution in [0.3, 0.4) is 0 Å². The highest BCUT2D eigenvalue weighted by Gasteiger charge is 2.14. The molecule has 5 nitrogen and oxygen atoms in total. The molecule has 0 aliphatic carbocycles. The van der Waals surface area contributed by atoms with Crippen LogP contribution in [0.15, 0.2) is 10.6 Å². The van der Waals surface area contributed by atoms with E-state index in [0.717, 1.165) is 13.1 Å². The van der Waals surface area contributed by atoms with Crippen LogP contribution in [-0.2, 0) is 0 Å². The number of aliphatic hydroxyl groups excluding tert-OH is 1. The minimum atomic E-state index is -0.758. The topological polar surface area (TPSA) is 75.5 Å². The highest BCUT2D eigenvalue weighted by atomic mass is 16.4. The molecule has 1 heterocycles. The molecule has 1 unspecified atom stereocenters. The lowest BCUT2D eigenvalue weighted by Gasteiger charge is -2.15. The lowest BCUT2D eigenvalue weighted by Crippen LogP contribution is -2.21. The van der Waals surface area contributed by atoms with Gasteiger partial charge in [-0.3, -0.25) is 0 Å². The Bertz CT molecular complexity index is 271. The second kappa shape index (κ2) is 4.97. The zero-order valence-corrected chi connectivity index (χ0v) is 8.60. The van der Waals surface area contributed by atoms with Crippen molar-refractivity contribution in [3.63, 3.8) is 0 Å². The zero-order valence-electron chi connectivity index (χ0n) is 8.60. The van der Waals surface area contributed by atoms with Crippen molar-refractivity contribution in [1.29, 1.82) is 0 Å². The lowest BCUT2D eigenvalue weighted by molar-refractivity contribution is 0.158. The van der Waals surface area contributed by atoms with Gasteiger partial charge in [0, 0.05) is 19.6 Å². The molecule has 0 amide bonds. The van der Waals surface area contributed by atoms with E-state index in [4.69, 9.17) is 10.2 Å². The van der Waals surface area contributed by atoms with Crippen molar-refractivity contribution in [2.45, 2.75) is 20.0 Å². The first kappa shape index (κ1) is 11.0. The normalized spacial score (nSPS) is 12.9. The van der Waals surface area contributed by atoms with E-state index < -0.39 is 6.10 Å². The van der Waals surface area contributed by atoms with Crippen molar-refractivity contribution < 1.29 is 9.52 Å². The molecule has 0 aliphatic rings. The van der Waals surface area contributed by atoms with Gasteiger partial charge in [-0.15, -0.1) is 0 Å². The molecule has 0 radical (unpaired) electrons. The predicted octanol–water partition coefficient (Wildman–Crippen LogP) is 0.513. The second-order valence-corrected chi connectivity index (χ2v) is 2.97. The van der Waals surface area contributed by atoms with Gasteiger partial charge in [0.2, 0.25) is 0 Å². The number of aromatic nitrogens is 1. The van der Waals surface area contributed by atoms with Gasteiger partial charge in [-0.05, 0) is 13.8 Å². The molecule has 0 fully saturated rings. The van der Waals surface area contributed by atoms with Gasteiger partial charge in [0.1, 0.15) is 6.10 Å². The number of hydrogen-bond donors (Lipinski definition) is 2. The zero-order chi connectivity index (χ0) is 10.6. The van der Waals surface area contributed by atoms with E-state index >= 15 is 0 Å². The summed E-state index contributed by atoms with van der Waals surface area (Å²) in [5, 5.41) is 9.39. The van der Waals surface area contributed by atoms with Gasteiger partial charge in [0.05, 0.1) is 6.20 Å². The van der Waals surface area contributed by atoms with E-state index in [1.54, 1.807) is 0 Å². The van der Waals surface area contributed by atoms with E-state index in [9.17, 15) is 5.11 Å². The number of nitrogens with two attached hydrogens (primary N) is 1. The predicted molar refractivity (Wildman–Crippen MR) is 54.1 cm³/mol. The first-order valence-corrected chi connectivity index (χ1v) is 4.81. The fourth-order valence-electron chi connectivity index (χ4n) is 1.19. The molecule has 1 rings (SSSR count). The molecule has 1 aromatic rings. The third kappa shape index (κ3) is 2.24. The molecular formula is C9H17N3O2. The molecule has 0 bridgehead atoms. The van der Waals surface area contributed by atoms with Crippen LogP contribution in [0, 0.1) is 0 Å². The molecule has 5 heteroatoms. The Kier molecular flexibility index (Phi) is 3.91. The molecular weight excluding hydrogens is 182 g/mol. The van der Waals surface area contributed by atoms with Crippen LogP contribution in [0.5, 0.6) is 0 Å². The van der Waals surface area contributed by atoms with Crippen LogP contribution in [-0.4, -0.2) is 29.7 Å². The Hall–Kier alpha value is -1.07. The summed E-state index contributed by atoms with van der Waals surface area (Å²) >= 11 is 0. The Balaban J connectivity index is 2.76. The molecule has 0 saturated heterocycles. The largest absolute Gasteiger partial charge is 0.426 e. The van der Waals surface area contributed by atoms with Gasteiger partial charge in [-0.25, -0.2) is 4.98 Å². The molecule has 1 atom stereocenters. The molecule has 0 saturated carbocycles. The smallest absolute Gasteiger partial charge is 0.297 e. The molecule has 1 aromatic heterocycles. The first-order valence-electron chi connectivity index (χ1n) is 4.81. The van der Waals surface area contributed by atoms with E-state index in [-0.39, 0.29) is 6.54 Å². The van der Waals surface area contributed by atoms with Crippen molar-refractivity contribution in [1.82, 2.24) is 4.98 Å². The van der Waals surface area contributed by atoms with Crippen LogP contribution < -0.4 is 10.6 Å². The molecule has 80 valence electrons. The monoisotopic (exact) mass is 199 g/mol. The van der Waals surface area contributed by atoms with Gasteiger partial charge in [-0.2, -0.15) is 0 Å². The summed E-state index contributed by atoms with van der Waals surface area (Å²) in [7, 11) is 0. The summed E-state index contributed by atoms with van der Waals surface area (Å²) in [5.74, 6) is 0.425. The lowest BCUT2D eigenvalue weighted by atomic mass is 10.3. The van der Waals surface area contributed by atoms with Gasteiger partial charge >= 0.3 is 0 Å². The van der Waals surface area contributed by atoms with E-state index in [1.807, 2.05) is 18.7 Å². The van der Waals surface area contributed by atoms with Crippen molar-refractivity contribution in [2.75, 3.05) is 24.5 Å². The third-order valence-corrected chi connectivity index (χ3v) is 2.10. The first-order chi connectivity index (χ1) is 6.72. The van der Waals surface area contributed by atoms with E-state index in [2.05, 4.69) is 4.98 Å². The summed E-state index contributed by atoms with van der Waals surface area (Å²) in [5.41, 5.74) is 5.30. The van der Waals surface area contributed by atoms with E-state index in [1.165, 1.54) is 6.20 Å². The maximum atomic E-state index is 9.39. The van der Waals surface area contributed by atoms with Crippen molar-refractivity contribution in [3.05, 3.63) is 12.0 Å². The quantitative estimate of drug-likeness (QED) is 0.722. The Morgan fingerprint density at radius 3 is 2.71 bits per heavy atom. The maximum absolute atomic E-state index is 9.39. The molecule has 0 aliphatic heterocycles. The SMILES string of the molecule is CCN(CC)c1ncc(C(O)CN)o1. The van der Waals surface area contributed by atoms with Gasteiger partial charge in [-0.1, -0.05) is 0 Å². The number of aliphatic hydroxyl groups is 1. The molecule has 14 heavy (non-hydrogen) atoms. The van der Waals surface area contributed by atoms with Crippen molar-refractivity contribution in [2.24, 2.45) is 5.73 Å². The third-order valence-electron chi connectivity index (χ3n) is 2.10. The summed E-state index contributed by atoms with van der Waals surface area (Å²) in [6.45, 7) is 5.84. The van der Waals surface area contributed by atoms with Crippen LogP contribution in [0.2, 0.25) is 0 Å². The van der Waals surface area contributed by atoms with Crippen molar-refractivity contribution in [3.8, 4) is 0 Å². The number of nitrogens with zero attached hydrogens (tertiary/aromatic N) is 2. The molecule has 0 spiro atoms. The highest BCUT2D eigenvalue weighted by molar-refractivity contribution is 5.25. The average molecular weight is 199 g/mol. The number of oxazole rings is 1. The minimum Gasteiger partial charge on any atom is -0.426 e. The summed E-state index contributed by atoms with van der Waals surface area (Å²) < 4.78 is 5.37. The number of anilines is 1. The van der Waals surface area contributed by atoms with Crippen LogP contribution in [0.1, 0.15) is 25.7 Å². The average Bonchev–Trinajstić information content (AvgIpc) is 2.68. The maximum Gasteiger partial charge on any atom is 0.297 e. The highest BCUT2D eigenvalue weighted by Crippen LogP contribution is 2.18. The second-order valence-electron chi connectivity index (χ2n) is 2.97. The van der Waals surface area contributed by atoms with Crippen LogP contribution in [0.25, 0.3) is 0 Å². The summed E-state index contributed by atoms with van der Waals surface area (Å²) in [6, 6.07) is 0.539.